The number of carbonyl (C=O) groups is 1. The fourth-order valence-corrected chi connectivity index (χ4v) is 3.94. The minimum Gasteiger partial charge on any atom is -0.481 e. The maximum absolute atomic E-state index is 10.6. The van der Waals surface area contributed by atoms with Gasteiger partial charge in [-0.15, -0.1) is 0 Å². The summed E-state index contributed by atoms with van der Waals surface area (Å²) in [6, 6.07) is 7.88. The predicted octanol–water partition coefficient (Wildman–Crippen LogP) is 4.72. The SMILES string of the molecule is CC1(C)CCc2c(cncc2-c2nc(-c3ccc(CCCC(=O)O)cc3)no2)C1. The smallest absolute Gasteiger partial charge is 0.303 e. The number of carboxylic acid groups (broad SMARTS) is 1. The second-order valence-electron chi connectivity index (χ2n) is 8.53. The number of rotatable bonds is 6. The summed E-state index contributed by atoms with van der Waals surface area (Å²) < 4.78 is 5.58. The third-order valence-electron chi connectivity index (χ3n) is 5.59. The second-order valence-corrected chi connectivity index (χ2v) is 8.53. The van der Waals surface area contributed by atoms with Gasteiger partial charge in [0, 0.05) is 24.4 Å². The molecular weight excluding hydrogens is 366 g/mol. The van der Waals surface area contributed by atoms with E-state index in [-0.39, 0.29) is 6.42 Å². The minimum absolute atomic E-state index is 0.183. The van der Waals surface area contributed by atoms with Gasteiger partial charge in [0.25, 0.3) is 5.89 Å². The van der Waals surface area contributed by atoms with Gasteiger partial charge in [-0.3, -0.25) is 9.78 Å². The Hall–Kier alpha value is -3.02. The normalized spacial score (nSPS) is 15.1. The van der Waals surface area contributed by atoms with Crippen molar-refractivity contribution in [2.75, 3.05) is 0 Å². The fraction of sp³-hybridized carbons (Fsp3) is 0.391. The molecule has 6 nitrogen and oxygen atoms in total. The van der Waals surface area contributed by atoms with Crippen LogP contribution in [0.5, 0.6) is 0 Å². The van der Waals surface area contributed by atoms with E-state index in [1.165, 1.54) is 11.1 Å². The zero-order chi connectivity index (χ0) is 20.4. The van der Waals surface area contributed by atoms with Crippen molar-refractivity contribution in [3.63, 3.8) is 0 Å². The quantitative estimate of drug-likeness (QED) is 0.654. The Morgan fingerprint density at radius 2 is 2.00 bits per heavy atom. The molecule has 0 saturated heterocycles. The molecule has 29 heavy (non-hydrogen) atoms. The van der Waals surface area contributed by atoms with Crippen molar-refractivity contribution < 1.29 is 14.4 Å². The highest BCUT2D eigenvalue weighted by atomic mass is 16.5. The summed E-state index contributed by atoms with van der Waals surface area (Å²) in [6.07, 6.45) is 8.45. The first-order chi connectivity index (χ1) is 13.9. The average molecular weight is 391 g/mol. The third-order valence-corrected chi connectivity index (χ3v) is 5.59. The van der Waals surface area contributed by atoms with Gasteiger partial charge in [0.1, 0.15) is 0 Å². The highest BCUT2D eigenvalue weighted by Gasteiger charge is 2.28. The summed E-state index contributed by atoms with van der Waals surface area (Å²) in [7, 11) is 0. The van der Waals surface area contributed by atoms with E-state index in [0.29, 0.717) is 23.6 Å². The van der Waals surface area contributed by atoms with Crippen LogP contribution in [0.1, 0.15) is 49.8 Å². The molecule has 0 bridgehead atoms. The van der Waals surface area contributed by atoms with Crippen LogP contribution in [0, 0.1) is 5.41 Å². The number of carboxylic acids is 1. The van der Waals surface area contributed by atoms with E-state index in [4.69, 9.17) is 9.63 Å². The first-order valence-electron chi connectivity index (χ1n) is 10.0. The van der Waals surface area contributed by atoms with E-state index < -0.39 is 5.97 Å². The molecule has 0 aliphatic heterocycles. The van der Waals surface area contributed by atoms with Crippen LogP contribution < -0.4 is 0 Å². The van der Waals surface area contributed by atoms with Crippen molar-refractivity contribution in [1.29, 1.82) is 0 Å². The first-order valence-corrected chi connectivity index (χ1v) is 10.0. The van der Waals surface area contributed by atoms with Crippen molar-refractivity contribution in [2.24, 2.45) is 5.41 Å². The van der Waals surface area contributed by atoms with E-state index >= 15 is 0 Å². The molecule has 0 amide bonds. The summed E-state index contributed by atoms with van der Waals surface area (Å²) in [6.45, 7) is 4.58. The Morgan fingerprint density at radius 3 is 2.76 bits per heavy atom. The van der Waals surface area contributed by atoms with Crippen LogP contribution in [0.15, 0.2) is 41.2 Å². The van der Waals surface area contributed by atoms with Gasteiger partial charge in [-0.2, -0.15) is 4.98 Å². The molecule has 6 heteroatoms. The molecule has 1 aliphatic carbocycles. The van der Waals surface area contributed by atoms with Crippen molar-refractivity contribution >= 4 is 5.97 Å². The highest BCUT2D eigenvalue weighted by Crippen LogP contribution is 2.38. The van der Waals surface area contributed by atoms with Crippen LogP contribution in [-0.2, 0) is 24.1 Å². The lowest BCUT2D eigenvalue weighted by molar-refractivity contribution is -0.137. The van der Waals surface area contributed by atoms with Gasteiger partial charge in [0.15, 0.2) is 0 Å². The number of hydrogen-bond acceptors (Lipinski definition) is 5. The Kier molecular flexibility index (Phi) is 5.18. The van der Waals surface area contributed by atoms with Gasteiger partial charge in [-0.25, -0.2) is 0 Å². The predicted molar refractivity (Wildman–Crippen MR) is 109 cm³/mol. The number of aliphatic carboxylic acids is 1. The molecule has 0 atom stereocenters. The van der Waals surface area contributed by atoms with Gasteiger partial charge < -0.3 is 9.63 Å². The number of fused-ring (bicyclic) bond motifs is 1. The molecule has 4 rings (SSSR count). The molecule has 2 heterocycles. The molecule has 1 aliphatic rings. The third kappa shape index (κ3) is 4.36. The summed E-state index contributed by atoms with van der Waals surface area (Å²) in [5.41, 5.74) is 5.73. The first kappa shape index (κ1) is 19.3. The van der Waals surface area contributed by atoms with Crippen molar-refractivity contribution in [1.82, 2.24) is 15.1 Å². The maximum atomic E-state index is 10.6. The largest absolute Gasteiger partial charge is 0.481 e. The van der Waals surface area contributed by atoms with Crippen LogP contribution >= 0.6 is 0 Å². The van der Waals surface area contributed by atoms with Crippen LogP contribution in [0.25, 0.3) is 22.8 Å². The fourth-order valence-electron chi connectivity index (χ4n) is 3.94. The average Bonchev–Trinajstić information content (AvgIpc) is 3.17. The molecule has 0 spiro atoms. The van der Waals surface area contributed by atoms with Gasteiger partial charge >= 0.3 is 5.97 Å². The lowest BCUT2D eigenvalue weighted by Gasteiger charge is -2.31. The molecule has 0 unspecified atom stereocenters. The minimum atomic E-state index is -0.762. The van der Waals surface area contributed by atoms with Gasteiger partial charge in [0.05, 0.1) is 5.56 Å². The zero-order valence-electron chi connectivity index (χ0n) is 16.8. The number of aromatic nitrogens is 3. The molecule has 1 aromatic carbocycles. The number of hydrogen-bond donors (Lipinski definition) is 1. The van der Waals surface area contributed by atoms with Gasteiger partial charge in [0.2, 0.25) is 5.82 Å². The van der Waals surface area contributed by atoms with Crippen LogP contribution in [-0.4, -0.2) is 26.2 Å². The number of aryl methyl sites for hydroxylation is 1. The highest BCUT2D eigenvalue weighted by molar-refractivity contribution is 5.66. The summed E-state index contributed by atoms with van der Waals surface area (Å²) in [5.74, 6) is 0.294. The van der Waals surface area contributed by atoms with E-state index in [0.717, 1.165) is 42.4 Å². The van der Waals surface area contributed by atoms with Crippen molar-refractivity contribution in [3.05, 3.63) is 53.3 Å². The second kappa shape index (κ2) is 7.78. The van der Waals surface area contributed by atoms with E-state index in [9.17, 15) is 4.79 Å². The van der Waals surface area contributed by atoms with E-state index in [1.807, 2.05) is 36.7 Å². The van der Waals surface area contributed by atoms with Gasteiger partial charge in [-0.1, -0.05) is 43.3 Å². The number of benzene rings is 1. The van der Waals surface area contributed by atoms with Crippen LogP contribution in [0.2, 0.25) is 0 Å². The molecule has 0 saturated carbocycles. The van der Waals surface area contributed by atoms with Crippen LogP contribution in [0.4, 0.5) is 0 Å². The van der Waals surface area contributed by atoms with E-state index in [2.05, 4.69) is 29.0 Å². The molecular formula is C23H25N3O3. The van der Waals surface area contributed by atoms with Gasteiger partial charge in [-0.05, 0) is 54.2 Å². The Morgan fingerprint density at radius 1 is 1.21 bits per heavy atom. The van der Waals surface area contributed by atoms with E-state index in [1.54, 1.807) is 0 Å². The molecule has 150 valence electrons. The topological polar surface area (TPSA) is 89.1 Å². The molecule has 2 aromatic heterocycles. The Balaban J connectivity index is 1.53. The summed E-state index contributed by atoms with van der Waals surface area (Å²) in [4.78, 5) is 19.7. The lowest BCUT2D eigenvalue weighted by atomic mass is 9.74. The Labute approximate surface area is 170 Å². The molecule has 3 aromatic rings. The molecule has 1 N–H and O–H groups in total. The maximum Gasteiger partial charge on any atom is 0.303 e. The lowest BCUT2D eigenvalue weighted by Crippen LogP contribution is -2.22. The summed E-state index contributed by atoms with van der Waals surface area (Å²) in [5, 5.41) is 12.9. The van der Waals surface area contributed by atoms with Crippen LogP contribution in [0.3, 0.4) is 0 Å². The zero-order valence-corrected chi connectivity index (χ0v) is 16.8. The molecule has 0 radical (unpaired) electrons. The Bertz CT molecular complexity index is 1020. The number of pyridine rings is 1. The standard InChI is InChI=1S/C23H25N3O3/c1-23(2)11-10-18-17(12-23)13-24-14-19(18)22-25-21(26-29-22)16-8-6-15(7-9-16)4-3-5-20(27)28/h6-9,13-14H,3-5,10-12H2,1-2H3,(H,27,28). The molecule has 0 fully saturated rings. The van der Waals surface area contributed by atoms with Crippen molar-refractivity contribution in [2.45, 2.75) is 52.4 Å². The number of nitrogens with zero attached hydrogens (tertiary/aromatic N) is 3. The van der Waals surface area contributed by atoms with Crippen molar-refractivity contribution in [3.8, 4) is 22.8 Å². The monoisotopic (exact) mass is 391 g/mol. The summed E-state index contributed by atoms with van der Waals surface area (Å²) >= 11 is 0.